The minimum atomic E-state index is -0.531. The number of carbonyl (C=O) groups is 1. The van der Waals surface area contributed by atoms with Crippen molar-refractivity contribution in [2.75, 3.05) is 12.3 Å². The number of nitrogens with one attached hydrogen (secondary N) is 1. The van der Waals surface area contributed by atoms with E-state index in [9.17, 15) is 4.79 Å². The van der Waals surface area contributed by atoms with Crippen LogP contribution in [0.5, 0.6) is 11.5 Å². The summed E-state index contributed by atoms with van der Waals surface area (Å²) < 4.78 is 21.0. The van der Waals surface area contributed by atoms with Crippen molar-refractivity contribution in [3.63, 3.8) is 0 Å². The number of hydrogen-bond acceptors (Lipinski definition) is 5. The Balaban J connectivity index is 2.04. The topological polar surface area (TPSA) is 67.8 Å². The van der Waals surface area contributed by atoms with Crippen LogP contribution in [0.1, 0.15) is 56.7 Å². The average molecular weight is 430 g/mol. The first-order valence-corrected chi connectivity index (χ1v) is 11.5. The molecule has 0 unspecified atom stereocenters. The van der Waals surface area contributed by atoms with Crippen molar-refractivity contribution in [3.8, 4) is 22.6 Å². The number of ether oxygens (including phenoxy) is 2. The van der Waals surface area contributed by atoms with Crippen LogP contribution in [0.4, 0.5) is 4.79 Å². The minimum absolute atomic E-state index is 0.331. The van der Waals surface area contributed by atoms with Gasteiger partial charge in [0.2, 0.25) is 0 Å². The minimum Gasteiger partial charge on any atom is -0.482 e. The lowest BCUT2D eigenvalue weighted by Gasteiger charge is -2.36. The molecule has 0 bridgehead atoms. The Morgan fingerprint density at radius 3 is 2.77 bits per heavy atom. The fourth-order valence-electron chi connectivity index (χ4n) is 3.85. The molecule has 6 heteroatoms. The molecule has 2 N–H and O–H groups in total. The van der Waals surface area contributed by atoms with E-state index >= 15 is 0 Å². The lowest BCUT2D eigenvalue weighted by Crippen LogP contribution is -2.31. The average Bonchev–Trinajstić information content (AvgIpc) is 2.67. The SMILES string of the molecule is CCCCCc1cc(OC(=O)NCCSO)c2c(c1)OC(C)(C)c1ccc(C)cc1-2. The third-order valence-electron chi connectivity index (χ3n) is 5.32. The Bertz CT molecular complexity index is 910. The number of unbranched alkanes of at least 4 members (excludes halogenated alkanes) is 2. The van der Waals surface area contributed by atoms with E-state index in [-0.39, 0.29) is 0 Å². The molecule has 0 radical (unpaired) electrons. The Hall–Kier alpha value is -2.18. The third-order valence-corrected chi connectivity index (χ3v) is 5.70. The van der Waals surface area contributed by atoms with Gasteiger partial charge in [0, 0.05) is 17.9 Å². The van der Waals surface area contributed by atoms with Crippen LogP contribution >= 0.6 is 12.0 Å². The summed E-state index contributed by atoms with van der Waals surface area (Å²) in [5, 5.41) is 2.68. The highest BCUT2D eigenvalue weighted by molar-refractivity contribution is 7.93. The van der Waals surface area contributed by atoms with Gasteiger partial charge in [-0.25, -0.2) is 4.79 Å². The first-order chi connectivity index (χ1) is 14.4. The molecule has 1 heterocycles. The van der Waals surface area contributed by atoms with Gasteiger partial charge in [-0.15, -0.1) is 0 Å². The molecular formula is C24H31NO4S. The Morgan fingerprint density at radius 2 is 2.03 bits per heavy atom. The molecule has 0 spiro atoms. The van der Waals surface area contributed by atoms with Crippen molar-refractivity contribution >= 4 is 18.1 Å². The normalized spacial score (nSPS) is 13.8. The van der Waals surface area contributed by atoms with Crippen LogP contribution < -0.4 is 14.8 Å². The van der Waals surface area contributed by atoms with Gasteiger partial charge in [-0.2, -0.15) is 0 Å². The molecule has 3 rings (SSSR count). The summed E-state index contributed by atoms with van der Waals surface area (Å²) in [6, 6.07) is 10.3. The zero-order valence-corrected chi connectivity index (χ0v) is 19.0. The number of fused-ring (bicyclic) bond motifs is 3. The zero-order valence-electron chi connectivity index (χ0n) is 18.2. The third kappa shape index (κ3) is 5.10. The van der Waals surface area contributed by atoms with Crippen molar-refractivity contribution in [2.45, 2.75) is 59.0 Å². The first kappa shape index (κ1) is 22.5. The van der Waals surface area contributed by atoms with Crippen LogP contribution in [0, 0.1) is 6.92 Å². The van der Waals surface area contributed by atoms with Gasteiger partial charge < -0.3 is 19.3 Å². The summed E-state index contributed by atoms with van der Waals surface area (Å²) in [6.07, 6.45) is 3.76. The van der Waals surface area contributed by atoms with Gasteiger partial charge in [0.25, 0.3) is 0 Å². The van der Waals surface area contributed by atoms with Gasteiger partial charge in [0.1, 0.15) is 17.1 Å². The molecule has 30 heavy (non-hydrogen) atoms. The van der Waals surface area contributed by atoms with E-state index < -0.39 is 11.7 Å². The van der Waals surface area contributed by atoms with E-state index in [1.54, 1.807) is 0 Å². The summed E-state index contributed by atoms with van der Waals surface area (Å²) in [5.74, 6) is 1.67. The Labute approximate surface area is 183 Å². The van der Waals surface area contributed by atoms with Gasteiger partial charge in [0.15, 0.2) is 0 Å². The molecule has 0 fully saturated rings. The fourth-order valence-corrected chi connectivity index (χ4v) is 4.04. The van der Waals surface area contributed by atoms with Crippen LogP contribution in [-0.4, -0.2) is 22.9 Å². The van der Waals surface area contributed by atoms with Crippen molar-refractivity contribution < 1.29 is 18.8 Å². The maximum atomic E-state index is 12.4. The van der Waals surface area contributed by atoms with Gasteiger partial charge in [-0.3, -0.25) is 0 Å². The second-order valence-corrected chi connectivity index (χ2v) is 8.90. The molecule has 1 aliphatic heterocycles. The molecule has 2 aromatic rings. The maximum absolute atomic E-state index is 12.4. The molecule has 0 aromatic heterocycles. The molecule has 162 valence electrons. The fraction of sp³-hybridized carbons (Fsp3) is 0.458. The lowest BCUT2D eigenvalue weighted by atomic mass is 9.84. The summed E-state index contributed by atoms with van der Waals surface area (Å²) in [7, 11) is 0. The van der Waals surface area contributed by atoms with Gasteiger partial charge >= 0.3 is 6.09 Å². The second-order valence-electron chi connectivity index (χ2n) is 8.24. The number of carbonyl (C=O) groups excluding carboxylic acids is 1. The molecule has 1 aliphatic rings. The van der Waals surface area contributed by atoms with Crippen molar-refractivity contribution in [1.82, 2.24) is 5.32 Å². The molecular weight excluding hydrogens is 398 g/mol. The van der Waals surface area contributed by atoms with Crippen LogP contribution in [0.3, 0.4) is 0 Å². The standard InChI is InChI=1S/C24H31NO4S/c1-5-6-7-8-17-14-20(28-23(26)25-11-12-30-27)22-18-13-16(2)9-10-19(18)24(3,4)29-21(22)15-17/h9-10,13-15,27H,5-8,11-12H2,1-4H3,(H,25,26). The van der Waals surface area contributed by atoms with E-state index in [4.69, 9.17) is 14.0 Å². The molecule has 0 saturated carbocycles. The van der Waals surface area contributed by atoms with E-state index in [1.807, 2.05) is 6.07 Å². The van der Waals surface area contributed by atoms with Crippen LogP contribution in [0.2, 0.25) is 0 Å². The Kier molecular flexibility index (Phi) is 7.32. The van der Waals surface area contributed by atoms with Gasteiger partial charge in [-0.1, -0.05) is 43.5 Å². The zero-order chi connectivity index (χ0) is 21.7. The first-order valence-electron chi connectivity index (χ1n) is 10.5. The maximum Gasteiger partial charge on any atom is 0.412 e. The monoisotopic (exact) mass is 429 g/mol. The number of hydrogen-bond donors (Lipinski definition) is 2. The molecule has 0 atom stereocenters. The molecule has 1 amide bonds. The van der Waals surface area contributed by atoms with E-state index in [0.29, 0.717) is 30.1 Å². The molecule has 0 saturated heterocycles. The predicted molar refractivity (Wildman–Crippen MR) is 123 cm³/mol. The van der Waals surface area contributed by atoms with E-state index in [0.717, 1.165) is 59.3 Å². The quantitative estimate of drug-likeness (QED) is 0.380. The number of rotatable bonds is 8. The smallest absolute Gasteiger partial charge is 0.412 e. The predicted octanol–water partition coefficient (Wildman–Crippen LogP) is 6.32. The highest BCUT2D eigenvalue weighted by atomic mass is 32.2. The van der Waals surface area contributed by atoms with Gasteiger partial charge in [0.05, 0.1) is 5.56 Å². The van der Waals surface area contributed by atoms with Crippen molar-refractivity contribution in [3.05, 3.63) is 47.0 Å². The van der Waals surface area contributed by atoms with Crippen LogP contribution in [0.15, 0.2) is 30.3 Å². The van der Waals surface area contributed by atoms with Crippen molar-refractivity contribution in [2.24, 2.45) is 0 Å². The molecule has 0 aliphatic carbocycles. The second kappa shape index (κ2) is 9.75. The number of amides is 1. The summed E-state index contributed by atoms with van der Waals surface area (Å²) >= 11 is 0.688. The summed E-state index contributed by atoms with van der Waals surface area (Å²) in [6.45, 7) is 8.70. The van der Waals surface area contributed by atoms with E-state index in [1.165, 1.54) is 0 Å². The highest BCUT2D eigenvalue weighted by Crippen LogP contribution is 2.50. The van der Waals surface area contributed by atoms with Crippen molar-refractivity contribution in [1.29, 1.82) is 0 Å². The number of aryl methyl sites for hydroxylation is 2. The van der Waals surface area contributed by atoms with E-state index in [2.05, 4.69) is 57.3 Å². The summed E-state index contributed by atoms with van der Waals surface area (Å²) in [4.78, 5) is 12.4. The summed E-state index contributed by atoms with van der Waals surface area (Å²) in [5.41, 5.74) is 4.69. The lowest BCUT2D eigenvalue weighted by molar-refractivity contribution is 0.105. The van der Waals surface area contributed by atoms with Gasteiger partial charge in [-0.05, 0) is 68.9 Å². The van der Waals surface area contributed by atoms with Crippen LogP contribution in [0.25, 0.3) is 11.1 Å². The highest BCUT2D eigenvalue weighted by Gasteiger charge is 2.35. The molecule has 5 nitrogen and oxygen atoms in total. The molecule has 2 aromatic carbocycles. The Morgan fingerprint density at radius 1 is 1.23 bits per heavy atom. The number of benzene rings is 2. The van der Waals surface area contributed by atoms with Crippen LogP contribution in [-0.2, 0) is 12.0 Å². The largest absolute Gasteiger partial charge is 0.482 e.